The van der Waals surface area contributed by atoms with E-state index in [-0.39, 0.29) is 42.7 Å². The third kappa shape index (κ3) is 41.4. The van der Waals surface area contributed by atoms with Crippen molar-refractivity contribution in [3.05, 3.63) is 12.2 Å². The highest BCUT2D eigenvalue weighted by molar-refractivity contribution is 5.70. The molecule has 0 aliphatic rings. The summed E-state index contributed by atoms with van der Waals surface area (Å²) in [4.78, 5) is 37.0. The zero-order chi connectivity index (χ0) is 44.2. The number of carbonyl (C=O) groups excluding carboxylic acids is 3. The molecule has 0 aliphatic carbocycles. The zero-order valence-corrected chi connectivity index (χ0v) is 40.4. The summed E-state index contributed by atoms with van der Waals surface area (Å²) < 4.78 is 17.2. The van der Waals surface area contributed by atoms with Crippen molar-refractivity contribution in [3.8, 4) is 0 Å². The van der Waals surface area contributed by atoms with Crippen LogP contribution in [-0.4, -0.2) is 75.5 Å². The van der Waals surface area contributed by atoms with Gasteiger partial charge in [0.25, 0.3) is 0 Å². The van der Waals surface area contributed by atoms with Crippen LogP contribution in [0.4, 0.5) is 0 Å². The Hall–Kier alpha value is -1.93. The topological polar surface area (TPSA) is 102 Å². The molecule has 8 heteroatoms. The van der Waals surface area contributed by atoms with Crippen LogP contribution in [0.2, 0.25) is 0 Å². The monoisotopic (exact) mass is 850 g/mol. The number of unbranched alkanes of at least 4 members (excludes halogenated alkanes) is 31. The standard InChI is InChI=1S/C52H99NO7/c1-6-8-10-12-14-16-18-20-22-23-24-25-26-27-29-30-32-34-36-38-40-42-50(54)59-47-48(46-58-45-44-49(52(56)57)53(3,4)5)60-51(55)43-41-39-37-35-33-31-28-21-19-17-15-13-11-9-7-2/h17,19,48-49H,6-16,18,20-47H2,1-5H3/b19-17+. The molecule has 8 nitrogen and oxygen atoms in total. The third-order valence-corrected chi connectivity index (χ3v) is 11.9. The van der Waals surface area contributed by atoms with Crippen molar-refractivity contribution in [1.82, 2.24) is 0 Å². The minimum absolute atomic E-state index is 0.0450. The first kappa shape index (κ1) is 58.1. The van der Waals surface area contributed by atoms with Crippen molar-refractivity contribution in [2.45, 2.75) is 264 Å². The number of nitrogens with zero attached hydrogens (tertiary/aromatic N) is 1. The summed E-state index contributed by atoms with van der Waals surface area (Å²) in [6.07, 6.45) is 48.1. The number of ether oxygens (including phenoxy) is 3. The Morgan fingerprint density at radius 1 is 0.483 bits per heavy atom. The molecule has 0 spiro atoms. The molecule has 0 aromatic heterocycles. The molecular formula is C52H99NO7. The van der Waals surface area contributed by atoms with Crippen molar-refractivity contribution in [3.63, 3.8) is 0 Å². The SMILES string of the molecule is CCCCCC/C=C/CCCCCCCCCC(=O)OC(COCCC(C(=O)[O-])[N+](C)(C)C)COC(=O)CCCCCCCCCCCCCCCCCCCCCCC. The fraction of sp³-hybridized carbons (Fsp3) is 0.904. The highest BCUT2D eigenvalue weighted by atomic mass is 16.6. The minimum atomic E-state index is -1.12. The lowest BCUT2D eigenvalue weighted by atomic mass is 10.0. The van der Waals surface area contributed by atoms with E-state index in [9.17, 15) is 19.5 Å². The van der Waals surface area contributed by atoms with Gasteiger partial charge in [-0.2, -0.15) is 0 Å². The summed E-state index contributed by atoms with van der Waals surface area (Å²) in [7, 11) is 5.42. The lowest BCUT2D eigenvalue weighted by Gasteiger charge is -2.34. The maximum atomic E-state index is 12.8. The molecule has 2 atom stereocenters. The molecule has 0 bridgehead atoms. The summed E-state index contributed by atoms with van der Waals surface area (Å²) in [5.74, 6) is -1.72. The molecule has 2 unspecified atom stereocenters. The first-order valence-electron chi connectivity index (χ1n) is 25.7. The fourth-order valence-electron chi connectivity index (χ4n) is 7.89. The van der Waals surface area contributed by atoms with E-state index in [0.717, 1.165) is 38.5 Å². The van der Waals surface area contributed by atoms with Crippen molar-refractivity contribution in [2.75, 3.05) is 41.0 Å². The van der Waals surface area contributed by atoms with E-state index in [4.69, 9.17) is 14.2 Å². The van der Waals surface area contributed by atoms with Crippen molar-refractivity contribution < 1.29 is 38.2 Å². The van der Waals surface area contributed by atoms with Crippen LogP contribution in [0.15, 0.2) is 12.2 Å². The van der Waals surface area contributed by atoms with Crippen LogP contribution < -0.4 is 5.11 Å². The smallest absolute Gasteiger partial charge is 0.306 e. The van der Waals surface area contributed by atoms with Gasteiger partial charge < -0.3 is 28.6 Å². The normalized spacial score (nSPS) is 12.9. The molecule has 354 valence electrons. The molecule has 0 amide bonds. The maximum Gasteiger partial charge on any atom is 0.306 e. The van der Waals surface area contributed by atoms with Gasteiger partial charge in [-0.1, -0.05) is 206 Å². The summed E-state index contributed by atoms with van der Waals surface area (Å²) >= 11 is 0. The highest BCUT2D eigenvalue weighted by Crippen LogP contribution is 2.17. The van der Waals surface area contributed by atoms with Crippen molar-refractivity contribution in [1.29, 1.82) is 0 Å². The lowest BCUT2D eigenvalue weighted by molar-refractivity contribution is -0.889. The molecule has 0 heterocycles. The summed E-state index contributed by atoms with van der Waals surface area (Å²) in [5, 5.41) is 11.7. The van der Waals surface area contributed by atoms with Gasteiger partial charge in [0.1, 0.15) is 12.6 Å². The van der Waals surface area contributed by atoms with Gasteiger partial charge >= 0.3 is 11.9 Å². The van der Waals surface area contributed by atoms with Crippen LogP contribution in [-0.2, 0) is 28.6 Å². The second kappa shape index (κ2) is 43.7. The first-order chi connectivity index (χ1) is 29.1. The lowest BCUT2D eigenvalue weighted by Crippen LogP contribution is -2.55. The summed E-state index contributed by atoms with van der Waals surface area (Å²) in [5.41, 5.74) is 0. The van der Waals surface area contributed by atoms with E-state index in [2.05, 4.69) is 26.0 Å². The van der Waals surface area contributed by atoms with Crippen LogP contribution in [0.3, 0.4) is 0 Å². The Kier molecular flexibility index (Phi) is 42.3. The second-order valence-corrected chi connectivity index (χ2v) is 18.8. The second-order valence-electron chi connectivity index (χ2n) is 18.8. The van der Waals surface area contributed by atoms with Crippen LogP contribution in [0.1, 0.15) is 251 Å². The van der Waals surface area contributed by atoms with Gasteiger partial charge in [-0.3, -0.25) is 9.59 Å². The van der Waals surface area contributed by atoms with Crippen molar-refractivity contribution >= 4 is 17.9 Å². The van der Waals surface area contributed by atoms with Gasteiger partial charge in [0.05, 0.1) is 40.3 Å². The molecule has 0 N–H and O–H groups in total. The van der Waals surface area contributed by atoms with Gasteiger partial charge in [0, 0.05) is 19.3 Å². The number of carbonyl (C=O) groups is 3. The van der Waals surface area contributed by atoms with Crippen LogP contribution >= 0.6 is 0 Å². The number of hydrogen-bond donors (Lipinski definition) is 0. The number of carboxylic acid groups (broad SMARTS) is 1. The van der Waals surface area contributed by atoms with Gasteiger partial charge in [0.15, 0.2) is 6.10 Å². The van der Waals surface area contributed by atoms with E-state index >= 15 is 0 Å². The highest BCUT2D eigenvalue weighted by Gasteiger charge is 2.25. The fourth-order valence-corrected chi connectivity index (χ4v) is 7.89. The number of rotatable bonds is 47. The summed E-state index contributed by atoms with van der Waals surface area (Å²) in [6, 6.07) is -0.723. The molecule has 0 aliphatic heterocycles. The Morgan fingerprint density at radius 3 is 1.22 bits per heavy atom. The number of quaternary nitrogens is 1. The number of carboxylic acids is 1. The average Bonchev–Trinajstić information content (AvgIpc) is 3.21. The quantitative estimate of drug-likeness (QED) is 0.0260. The largest absolute Gasteiger partial charge is 0.544 e. The number of hydrogen-bond acceptors (Lipinski definition) is 7. The number of likely N-dealkylation sites (N-methyl/N-ethyl adjacent to an activating group) is 1. The predicted octanol–water partition coefficient (Wildman–Crippen LogP) is 13.3. The predicted molar refractivity (Wildman–Crippen MR) is 250 cm³/mol. The Balaban J connectivity index is 4.18. The summed E-state index contributed by atoms with van der Waals surface area (Å²) in [6.45, 7) is 4.69. The molecule has 60 heavy (non-hydrogen) atoms. The first-order valence-corrected chi connectivity index (χ1v) is 25.7. The van der Waals surface area contributed by atoms with Gasteiger partial charge in [0.2, 0.25) is 0 Å². The Labute approximate surface area is 371 Å². The van der Waals surface area contributed by atoms with E-state index in [1.54, 1.807) is 0 Å². The molecule has 0 aromatic carbocycles. The van der Waals surface area contributed by atoms with Gasteiger partial charge in [-0.25, -0.2) is 0 Å². The van der Waals surface area contributed by atoms with E-state index in [1.165, 1.54) is 180 Å². The number of aliphatic carboxylic acids is 1. The average molecular weight is 850 g/mol. The molecular weight excluding hydrogens is 751 g/mol. The molecule has 0 saturated carbocycles. The molecule has 0 fully saturated rings. The maximum absolute atomic E-state index is 12.8. The zero-order valence-electron chi connectivity index (χ0n) is 40.4. The Morgan fingerprint density at radius 2 is 0.833 bits per heavy atom. The van der Waals surface area contributed by atoms with Crippen molar-refractivity contribution in [2.24, 2.45) is 0 Å². The van der Waals surface area contributed by atoms with Crippen LogP contribution in [0.5, 0.6) is 0 Å². The minimum Gasteiger partial charge on any atom is -0.544 e. The van der Waals surface area contributed by atoms with E-state index < -0.39 is 18.1 Å². The van der Waals surface area contributed by atoms with Crippen LogP contribution in [0, 0.1) is 0 Å². The molecule has 0 radical (unpaired) electrons. The molecule has 0 rings (SSSR count). The third-order valence-electron chi connectivity index (χ3n) is 11.9. The van der Waals surface area contributed by atoms with Gasteiger partial charge in [-0.05, 0) is 38.5 Å². The van der Waals surface area contributed by atoms with E-state index in [1.807, 2.05) is 21.1 Å². The van der Waals surface area contributed by atoms with E-state index in [0.29, 0.717) is 12.8 Å². The molecule has 0 aromatic rings. The van der Waals surface area contributed by atoms with Gasteiger partial charge in [-0.15, -0.1) is 0 Å². The number of allylic oxidation sites excluding steroid dienone is 2. The molecule has 0 saturated heterocycles. The number of esters is 2. The Bertz CT molecular complexity index is 993. The van der Waals surface area contributed by atoms with Crippen LogP contribution in [0.25, 0.3) is 0 Å².